The van der Waals surface area contributed by atoms with Crippen molar-refractivity contribution >= 4 is 38.5 Å². The molecule has 2 N–H and O–H groups in total. The van der Waals surface area contributed by atoms with Crippen LogP contribution in [0.1, 0.15) is 24.3 Å². The summed E-state index contributed by atoms with van der Waals surface area (Å²) in [5.74, 6) is 1.92. The first-order valence-electron chi connectivity index (χ1n) is 8.38. The number of fused-ring (bicyclic) bond motifs is 1. The lowest BCUT2D eigenvalue weighted by atomic mass is 10.1. The highest BCUT2D eigenvalue weighted by molar-refractivity contribution is 9.10. The first-order chi connectivity index (χ1) is 12.2. The number of hydrogen-bond donors (Lipinski definition) is 2. The van der Waals surface area contributed by atoms with Gasteiger partial charge in [0.2, 0.25) is 0 Å². The average Bonchev–Trinajstić information content (AvgIpc) is 3.44. The molecule has 1 saturated carbocycles. The van der Waals surface area contributed by atoms with Crippen LogP contribution in [0, 0.1) is 5.82 Å². The Morgan fingerprint density at radius 1 is 1.08 bits per heavy atom. The van der Waals surface area contributed by atoms with E-state index in [9.17, 15) is 4.39 Å². The van der Waals surface area contributed by atoms with E-state index in [1.165, 1.54) is 30.7 Å². The fraction of sp³-hybridized carbons (Fsp3) is 0.263. The smallest absolute Gasteiger partial charge is 0.141 e. The number of pyridine rings is 2. The maximum absolute atomic E-state index is 12.9. The second-order valence-corrected chi connectivity index (χ2v) is 7.17. The zero-order valence-corrected chi connectivity index (χ0v) is 15.2. The second-order valence-electron chi connectivity index (χ2n) is 6.25. The van der Waals surface area contributed by atoms with Crippen molar-refractivity contribution in [3.05, 3.63) is 58.4 Å². The number of nitrogens with zero attached hydrogens (tertiary/aromatic N) is 2. The highest BCUT2D eigenvalue weighted by atomic mass is 79.9. The van der Waals surface area contributed by atoms with Crippen molar-refractivity contribution in [3.63, 3.8) is 0 Å². The SMILES string of the molecule is Fc1ccc(NCCNc2nc3ccc(Br)cc3cc2C2CC2)nc1. The van der Waals surface area contributed by atoms with Gasteiger partial charge in [0.05, 0.1) is 11.7 Å². The van der Waals surface area contributed by atoms with Crippen LogP contribution in [0.2, 0.25) is 0 Å². The van der Waals surface area contributed by atoms with Gasteiger partial charge < -0.3 is 10.6 Å². The molecule has 0 spiro atoms. The molecule has 2 heterocycles. The Labute approximate surface area is 154 Å². The van der Waals surface area contributed by atoms with Crippen molar-refractivity contribution in [3.8, 4) is 0 Å². The number of anilines is 2. The van der Waals surface area contributed by atoms with Crippen molar-refractivity contribution < 1.29 is 4.39 Å². The lowest BCUT2D eigenvalue weighted by Gasteiger charge is -2.13. The van der Waals surface area contributed by atoms with Crippen LogP contribution in [-0.4, -0.2) is 23.1 Å². The topological polar surface area (TPSA) is 49.8 Å². The van der Waals surface area contributed by atoms with E-state index in [2.05, 4.69) is 43.7 Å². The third-order valence-corrected chi connectivity index (χ3v) is 4.77. The fourth-order valence-corrected chi connectivity index (χ4v) is 3.24. The molecular formula is C19H18BrFN4. The number of hydrogen-bond acceptors (Lipinski definition) is 4. The molecule has 6 heteroatoms. The molecule has 4 rings (SSSR count). The van der Waals surface area contributed by atoms with Gasteiger partial charge in [0.25, 0.3) is 0 Å². The van der Waals surface area contributed by atoms with Crippen LogP contribution >= 0.6 is 15.9 Å². The van der Waals surface area contributed by atoms with E-state index in [0.717, 1.165) is 21.2 Å². The van der Waals surface area contributed by atoms with Gasteiger partial charge >= 0.3 is 0 Å². The molecule has 4 nitrogen and oxygen atoms in total. The second kappa shape index (κ2) is 6.96. The van der Waals surface area contributed by atoms with Crippen LogP contribution in [0.25, 0.3) is 10.9 Å². The lowest BCUT2D eigenvalue weighted by molar-refractivity contribution is 0.621. The Hall–Kier alpha value is -2.21. The minimum Gasteiger partial charge on any atom is -0.368 e. The highest BCUT2D eigenvalue weighted by Crippen LogP contribution is 2.44. The Balaban J connectivity index is 1.45. The van der Waals surface area contributed by atoms with Crippen LogP contribution in [0.15, 0.2) is 47.1 Å². The van der Waals surface area contributed by atoms with Crippen LogP contribution in [-0.2, 0) is 0 Å². The van der Waals surface area contributed by atoms with E-state index in [-0.39, 0.29) is 5.82 Å². The molecule has 1 aliphatic rings. The van der Waals surface area contributed by atoms with E-state index in [4.69, 9.17) is 4.98 Å². The molecule has 1 aliphatic carbocycles. The molecule has 1 fully saturated rings. The number of aromatic nitrogens is 2. The molecule has 0 atom stereocenters. The summed E-state index contributed by atoms with van der Waals surface area (Å²) in [4.78, 5) is 8.80. The maximum atomic E-state index is 12.9. The van der Waals surface area contributed by atoms with Gasteiger partial charge in [-0.05, 0) is 60.7 Å². The Bertz CT molecular complexity index is 894. The molecule has 0 radical (unpaired) electrons. The van der Waals surface area contributed by atoms with Gasteiger partial charge in [0, 0.05) is 22.9 Å². The number of halogens is 2. The van der Waals surface area contributed by atoms with E-state index in [1.807, 2.05) is 12.1 Å². The molecule has 0 aliphatic heterocycles. The molecule has 1 aromatic carbocycles. The Kier molecular flexibility index (Phi) is 4.53. The molecule has 0 unspecified atom stereocenters. The summed E-state index contributed by atoms with van der Waals surface area (Å²) in [5.41, 5.74) is 2.29. The molecule has 0 bridgehead atoms. The summed E-state index contributed by atoms with van der Waals surface area (Å²) >= 11 is 3.52. The van der Waals surface area contributed by atoms with Gasteiger partial charge in [-0.25, -0.2) is 14.4 Å². The largest absolute Gasteiger partial charge is 0.368 e. The van der Waals surface area contributed by atoms with Crippen LogP contribution in [0.3, 0.4) is 0 Å². The normalized spacial score (nSPS) is 13.8. The summed E-state index contributed by atoms with van der Waals surface area (Å²) in [6.45, 7) is 1.40. The quantitative estimate of drug-likeness (QED) is 0.575. The van der Waals surface area contributed by atoms with E-state index in [0.29, 0.717) is 24.8 Å². The highest BCUT2D eigenvalue weighted by Gasteiger charge is 2.27. The summed E-state index contributed by atoms with van der Waals surface area (Å²) in [7, 11) is 0. The van der Waals surface area contributed by atoms with Gasteiger partial charge in [-0.1, -0.05) is 15.9 Å². The van der Waals surface area contributed by atoms with Gasteiger partial charge in [0.1, 0.15) is 17.5 Å². The third-order valence-electron chi connectivity index (χ3n) is 4.27. The summed E-state index contributed by atoms with van der Waals surface area (Å²) in [6, 6.07) is 11.4. The van der Waals surface area contributed by atoms with Gasteiger partial charge in [0.15, 0.2) is 0 Å². The molecule has 3 aromatic rings. The van der Waals surface area contributed by atoms with Crippen LogP contribution < -0.4 is 10.6 Å². The first kappa shape index (κ1) is 16.3. The Morgan fingerprint density at radius 2 is 1.92 bits per heavy atom. The monoisotopic (exact) mass is 400 g/mol. The molecule has 0 saturated heterocycles. The lowest BCUT2D eigenvalue weighted by Crippen LogP contribution is -2.16. The standard InChI is InChI=1S/C19H18BrFN4/c20-14-3-5-17-13(9-14)10-16(12-1-2-12)19(25-17)23-8-7-22-18-6-4-15(21)11-24-18/h3-6,9-12H,1-2,7-8H2,(H,22,24)(H,23,25). The average molecular weight is 401 g/mol. The van der Waals surface area contributed by atoms with Crippen molar-refractivity contribution in [1.82, 2.24) is 9.97 Å². The van der Waals surface area contributed by atoms with E-state index >= 15 is 0 Å². The minimum atomic E-state index is -0.329. The van der Waals surface area contributed by atoms with Crippen molar-refractivity contribution in [2.45, 2.75) is 18.8 Å². The summed E-state index contributed by atoms with van der Waals surface area (Å²) < 4.78 is 13.9. The Morgan fingerprint density at radius 3 is 2.68 bits per heavy atom. The molecule has 2 aromatic heterocycles. The number of nitrogens with one attached hydrogen (secondary N) is 2. The number of rotatable bonds is 6. The molecule has 128 valence electrons. The van der Waals surface area contributed by atoms with Gasteiger partial charge in [-0.3, -0.25) is 0 Å². The van der Waals surface area contributed by atoms with Crippen LogP contribution in [0.4, 0.5) is 16.0 Å². The zero-order chi connectivity index (χ0) is 17.2. The summed E-state index contributed by atoms with van der Waals surface area (Å²) in [5, 5.41) is 7.78. The van der Waals surface area contributed by atoms with Crippen molar-refractivity contribution in [2.24, 2.45) is 0 Å². The van der Waals surface area contributed by atoms with E-state index in [1.54, 1.807) is 6.07 Å². The van der Waals surface area contributed by atoms with E-state index < -0.39 is 0 Å². The predicted octanol–water partition coefficient (Wildman–Crippen LogP) is 4.93. The summed E-state index contributed by atoms with van der Waals surface area (Å²) in [6.07, 6.45) is 3.67. The molecule has 0 amide bonds. The minimum absolute atomic E-state index is 0.329. The maximum Gasteiger partial charge on any atom is 0.141 e. The number of benzene rings is 1. The molecular weight excluding hydrogens is 383 g/mol. The predicted molar refractivity (Wildman–Crippen MR) is 103 cm³/mol. The van der Waals surface area contributed by atoms with Gasteiger partial charge in [-0.15, -0.1) is 0 Å². The molecule has 25 heavy (non-hydrogen) atoms. The third kappa shape index (κ3) is 3.90. The van der Waals surface area contributed by atoms with Gasteiger partial charge in [-0.2, -0.15) is 0 Å². The van der Waals surface area contributed by atoms with Crippen LogP contribution in [0.5, 0.6) is 0 Å². The zero-order valence-electron chi connectivity index (χ0n) is 13.6. The van der Waals surface area contributed by atoms with Crippen molar-refractivity contribution in [1.29, 1.82) is 0 Å². The fourth-order valence-electron chi connectivity index (χ4n) is 2.86. The van der Waals surface area contributed by atoms with Crippen molar-refractivity contribution in [2.75, 3.05) is 23.7 Å². The first-order valence-corrected chi connectivity index (χ1v) is 9.18.